The maximum atomic E-state index is 13.8. The average molecular weight is 505 g/mol. The molecular weight excluding hydrogens is 482 g/mol. The van der Waals surface area contributed by atoms with Gasteiger partial charge in [0.05, 0.1) is 43.7 Å². The molecule has 2 heterocycles. The summed E-state index contributed by atoms with van der Waals surface area (Å²) in [6.07, 6.45) is -1.10. The molecule has 2 saturated heterocycles. The van der Waals surface area contributed by atoms with Crippen molar-refractivity contribution in [3.8, 4) is 17.2 Å². The van der Waals surface area contributed by atoms with Gasteiger partial charge >= 0.3 is 0 Å². The highest BCUT2D eigenvalue weighted by Gasteiger charge is 2.60. The number of methoxy groups -OCH3 is 3. The fourth-order valence-electron chi connectivity index (χ4n) is 4.80. The monoisotopic (exact) mass is 505 g/mol. The maximum Gasteiger partial charge on any atom is 0.269 e. The molecule has 3 aromatic rings. The van der Waals surface area contributed by atoms with Gasteiger partial charge in [0.2, 0.25) is 11.7 Å². The van der Waals surface area contributed by atoms with Crippen LogP contribution in [0.25, 0.3) is 0 Å². The van der Waals surface area contributed by atoms with E-state index in [9.17, 15) is 19.7 Å². The fraction of sp³-hybridized carbons (Fsp3) is 0.231. The van der Waals surface area contributed by atoms with Crippen LogP contribution >= 0.6 is 0 Å². The molecule has 190 valence electrons. The number of rotatable bonds is 7. The van der Waals surface area contributed by atoms with Crippen molar-refractivity contribution in [2.75, 3.05) is 31.3 Å². The summed E-state index contributed by atoms with van der Waals surface area (Å²) in [5.74, 6) is -0.794. The van der Waals surface area contributed by atoms with Gasteiger partial charge in [-0.2, -0.15) is 0 Å². The molecule has 0 spiro atoms. The SMILES string of the molecule is COc1cc([C@H]2[C@@H]3C(=O)N(c4ccc([N+](=O)[O-])cc4)C(=O)[C@H]3ON2c2ccccc2)cc(OC)c1OC. The Morgan fingerprint density at radius 1 is 0.838 bits per heavy atom. The Kier molecular flexibility index (Phi) is 6.14. The predicted octanol–water partition coefficient (Wildman–Crippen LogP) is 3.67. The number of carbonyl (C=O) groups excluding carboxylic acids is 2. The number of amides is 2. The Bertz CT molecular complexity index is 1340. The topological polar surface area (TPSA) is 121 Å². The van der Waals surface area contributed by atoms with Crippen LogP contribution in [0.3, 0.4) is 0 Å². The van der Waals surface area contributed by atoms with Crippen LogP contribution in [0.1, 0.15) is 11.6 Å². The highest BCUT2D eigenvalue weighted by molar-refractivity contribution is 6.24. The normalized spacial score (nSPS) is 20.7. The molecule has 11 nitrogen and oxygen atoms in total. The lowest BCUT2D eigenvalue weighted by atomic mass is 9.90. The van der Waals surface area contributed by atoms with E-state index < -0.39 is 34.8 Å². The molecule has 0 unspecified atom stereocenters. The molecule has 0 N–H and O–H groups in total. The Balaban J connectivity index is 1.61. The fourth-order valence-corrected chi connectivity index (χ4v) is 4.80. The van der Waals surface area contributed by atoms with Gasteiger partial charge in [0.15, 0.2) is 17.6 Å². The molecule has 0 saturated carbocycles. The van der Waals surface area contributed by atoms with E-state index in [-0.39, 0.29) is 11.4 Å². The van der Waals surface area contributed by atoms with Crippen molar-refractivity contribution in [2.24, 2.45) is 5.92 Å². The third kappa shape index (κ3) is 3.89. The molecule has 5 rings (SSSR count). The number of fused-ring (bicyclic) bond motifs is 1. The first kappa shape index (κ1) is 24.1. The van der Waals surface area contributed by atoms with Gasteiger partial charge in [0.1, 0.15) is 5.92 Å². The number of hydroxylamine groups is 1. The summed E-state index contributed by atoms with van der Waals surface area (Å²) in [5.41, 5.74) is 1.34. The number of nitro groups is 1. The van der Waals surface area contributed by atoms with Crippen LogP contribution in [0.4, 0.5) is 17.1 Å². The molecule has 0 aromatic heterocycles. The zero-order chi connectivity index (χ0) is 26.3. The molecule has 0 radical (unpaired) electrons. The van der Waals surface area contributed by atoms with Crippen molar-refractivity contribution in [2.45, 2.75) is 12.1 Å². The minimum atomic E-state index is -1.10. The Labute approximate surface area is 211 Å². The number of imide groups is 1. The predicted molar refractivity (Wildman–Crippen MR) is 132 cm³/mol. The van der Waals surface area contributed by atoms with Gasteiger partial charge in [-0.3, -0.25) is 24.5 Å². The van der Waals surface area contributed by atoms with Crippen molar-refractivity contribution in [3.63, 3.8) is 0 Å². The Morgan fingerprint density at radius 2 is 1.46 bits per heavy atom. The molecule has 0 aliphatic carbocycles. The Morgan fingerprint density at radius 3 is 2.00 bits per heavy atom. The minimum Gasteiger partial charge on any atom is -0.493 e. The number of ether oxygens (including phenoxy) is 3. The number of anilines is 2. The molecule has 2 fully saturated rings. The van der Waals surface area contributed by atoms with E-state index in [2.05, 4.69) is 0 Å². The van der Waals surface area contributed by atoms with Crippen molar-refractivity contribution in [1.29, 1.82) is 0 Å². The van der Waals surface area contributed by atoms with E-state index in [0.717, 1.165) is 4.90 Å². The van der Waals surface area contributed by atoms with E-state index >= 15 is 0 Å². The van der Waals surface area contributed by atoms with Crippen LogP contribution in [0.2, 0.25) is 0 Å². The summed E-state index contributed by atoms with van der Waals surface area (Å²) in [6.45, 7) is 0. The van der Waals surface area contributed by atoms with Crippen LogP contribution in [0.15, 0.2) is 66.7 Å². The van der Waals surface area contributed by atoms with Crippen molar-refractivity contribution in [3.05, 3.63) is 82.4 Å². The first-order valence-electron chi connectivity index (χ1n) is 11.3. The largest absolute Gasteiger partial charge is 0.493 e. The highest BCUT2D eigenvalue weighted by Crippen LogP contribution is 2.50. The van der Waals surface area contributed by atoms with E-state index in [4.69, 9.17) is 19.0 Å². The number of carbonyl (C=O) groups is 2. The van der Waals surface area contributed by atoms with Gasteiger partial charge in [0, 0.05) is 12.1 Å². The summed E-state index contributed by atoms with van der Waals surface area (Å²) in [5, 5.41) is 12.6. The lowest BCUT2D eigenvalue weighted by Crippen LogP contribution is -2.37. The van der Waals surface area contributed by atoms with Gasteiger partial charge in [0.25, 0.3) is 11.6 Å². The molecule has 0 bridgehead atoms. The zero-order valence-electron chi connectivity index (χ0n) is 20.2. The highest BCUT2D eigenvalue weighted by atomic mass is 16.7. The summed E-state index contributed by atoms with van der Waals surface area (Å²) >= 11 is 0. The summed E-state index contributed by atoms with van der Waals surface area (Å²) < 4.78 is 16.5. The number of benzene rings is 3. The molecule has 2 amide bonds. The molecule has 2 aliphatic heterocycles. The third-order valence-electron chi connectivity index (χ3n) is 6.47. The molecular formula is C26H23N3O8. The number of nitro benzene ring substituents is 1. The third-order valence-corrected chi connectivity index (χ3v) is 6.47. The van der Waals surface area contributed by atoms with Crippen LogP contribution in [0, 0.1) is 16.0 Å². The summed E-state index contributed by atoms with van der Waals surface area (Å²) in [7, 11) is 4.47. The number of hydrogen-bond donors (Lipinski definition) is 0. The maximum absolute atomic E-state index is 13.8. The van der Waals surface area contributed by atoms with Gasteiger partial charge in [-0.1, -0.05) is 18.2 Å². The second kappa shape index (κ2) is 9.43. The quantitative estimate of drug-likeness (QED) is 0.269. The first-order chi connectivity index (χ1) is 17.9. The standard InChI is InChI=1S/C26H23N3O8/c1-34-19-13-15(14-20(35-2)23(19)36-3)22-21-24(37-28(22)17-7-5-4-6-8-17)26(31)27(25(21)30)16-9-11-18(12-10-16)29(32)33/h4-14,21-22,24H,1-3H3/t21-,22-,24-/m0/s1. The van der Waals surface area contributed by atoms with Crippen LogP contribution in [0.5, 0.6) is 17.2 Å². The van der Waals surface area contributed by atoms with Crippen LogP contribution in [-0.4, -0.2) is 44.2 Å². The second-order valence-corrected chi connectivity index (χ2v) is 8.40. The van der Waals surface area contributed by atoms with E-state index in [1.165, 1.54) is 45.6 Å². The Hall–Kier alpha value is -4.64. The van der Waals surface area contributed by atoms with Gasteiger partial charge in [-0.15, -0.1) is 0 Å². The van der Waals surface area contributed by atoms with Gasteiger partial charge < -0.3 is 14.2 Å². The minimum absolute atomic E-state index is 0.148. The van der Waals surface area contributed by atoms with E-state index in [1.807, 2.05) is 30.3 Å². The van der Waals surface area contributed by atoms with Gasteiger partial charge in [-0.05, 0) is 42.0 Å². The molecule has 11 heteroatoms. The van der Waals surface area contributed by atoms with Crippen molar-refractivity contribution < 1.29 is 33.6 Å². The smallest absolute Gasteiger partial charge is 0.269 e. The van der Waals surface area contributed by atoms with Crippen LogP contribution < -0.4 is 24.2 Å². The summed E-state index contributed by atoms with van der Waals surface area (Å²) in [6, 6.07) is 17.1. The molecule has 37 heavy (non-hydrogen) atoms. The molecule has 3 aromatic carbocycles. The van der Waals surface area contributed by atoms with Crippen molar-refractivity contribution >= 4 is 28.9 Å². The lowest BCUT2D eigenvalue weighted by molar-refractivity contribution is -0.384. The molecule has 3 atom stereocenters. The van der Waals surface area contributed by atoms with E-state index in [1.54, 1.807) is 17.2 Å². The number of nitrogens with zero attached hydrogens (tertiary/aromatic N) is 3. The lowest BCUT2D eigenvalue weighted by Gasteiger charge is -2.29. The van der Waals surface area contributed by atoms with Crippen LogP contribution in [-0.2, 0) is 14.4 Å². The second-order valence-electron chi connectivity index (χ2n) is 8.40. The number of hydrogen-bond acceptors (Lipinski definition) is 9. The first-order valence-corrected chi connectivity index (χ1v) is 11.3. The number of non-ortho nitro benzene ring substituents is 1. The van der Waals surface area contributed by atoms with E-state index in [0.29, 0.717) is 28.5 Å². The van der Waals surface area contributed by atoms with Gasteiger partial charge in [-0.25, -0.2) is 9.96 Å². The number of para-hydroxylation sites is 1. The molecule has 2 aliphatic rings. The zero-order valence-corrected chi connectivity index (χ0v) is 20.2. The average Bonchev–Trinajstić information content (AvgIpc) is 3.43. The summed E-state index contributed by atoms with van der Waals surface area (Å²) in [4.78, 5) is 44.9. The van der Waals surface area contributed by atoms with Crippen molar-refractivity contribution in [1.82, 2.24) is 0 Å².